The summed E-state index contributed by atoms with van der Waals surface area (Å²) in [6.45, 7) is 0. The largest absolute Gasteiger partial charge is 0.370 e. The molecule has 0 rings (SSSR count). The van der Waals surface area contributed by atoms with Crippen molar-refractivity contribution in [1.82, 2.24) is 0 Å². The molecule has 0 spiro atoms. The van der Waals surface area contributed by atoms with Gasteiger partial charge in [0, 0.05) is 0 Å². The second kappa shape index (κ2) is 3.43. The number of carbonyl (C=O) groups is 2. The molecule has 0 aromatic heterocycles. The minimum absolute atomic E-state index is 1.22. The van der Waals surface area contributed by atoms with Gasteiger partial charge in [0.2, 0.25) is 5.91 Å². The molecule has 0 aliphatic carbocycles. The number of carbonyl (C=O) groups excluding carboxylic acids is 2. The Morgan fingerprint density at radius 3 is 1.77 bits per heavy atom. The van der Waals surface area contributed by atoms with Crippen molar-refractivity contribution in [2.45, 2.75) is 11.8 Å². The lowest BCUT2D eigenvalue weighted by Gasteiger charge is -2.23. The van der Waals surface area contributed by atoms with E-state index in [-0.39, 0.29) is 0 Å². The highest BCUT2D eigenvalue weighted by molar-refractivity contribution is 7.54. The highest BCUT2D eigenvalue weighted by Gasteiger charge is 2.52. The minimum Gasteiger partial charge on any atom is -0.370 e. The zero-order valence-corrected chi connectivity index (χ0v) is 7.27. The summed E-state index contributed by atoms with van der Waals surface area (Å²) in [6, 6.07) is 0. The Kier molecular flexibility index (Phi) is 3.18. The minimum atomic E-state index is -5.22. The molecule has 0 aliphatic heterocycles. The van der Waals surface area contributed by atoms with Gasteiger partial charge >= 0.3 is 7.60 Å². The zero-order valence-electron chi connectivity index (χ0n) is 6.38. The van der Waals surface area contributed by atoms with Gasteiger partial charge in [-0.2, -0.15) is 0 Å². The van der Waals surface area contributed by atoms with Crippen molar-refractivity contribution in [2.75, 3.05) is 0 Å². The molecule has 1 atom stereocenters. The molecule has 0 bridgehead atoms. The van der Waals surface area contributed by atoms with E-state index in [0.29, 0.717) is 0 Å². The van der Waals surface area contributed by atoms with Gasteiger partial charge in [0.25, 0.3) is 11.2 Å². The van der Waals surface area contributed by atoms with Gasteiger partial charge in [-0.05, 0) is 0 Å². The number of nitrogens with two attached hydrogens (primary N) is 2. The fraction of sp³-hybridized carbons (Fsp3) is 0.500. The van der Waals surface area contributed by atoms with Crippen LogP contribution in [0.3, 0.4) is 0 Å². The van der Waals surface area contributed by atoms with Gasteiger partial charge in [0.1, 0.15) is 0 Å². The van der Waals surface area contributed by atoms with Crippen LogP contribution >= 0.6 is 7.60 Å². The molecular weight excluding hydrogens is 203 g/mol. The van der Waals surface area contributed by atoms with Crippen LogP contribution in [-0.2, 0) is 14.2 Å². The average molecular weight is 212 g/mol. The zero-order chi connectivity index (χ0) is 10.9. The van der Waals surface area contributed by atoms with Crippen molar-refractivity contribution in [3.8, 4) is 0 Å². The number of amides is 2. The lowest BCUT2D eigenvalue weighted by atomic mass is 10.2. The summed E-state index contributed by atoms with van der Waals surface area (Å²) in [4.78, 5) is 37.8. The monoisotopic (exact) mass is 212 g/mol. The lowest BCUT2D eigenvalue weighted by Crippen LogP contribution is -2.46. The van der Waals surface area contributed by atoms with Crippen LogP contribution in [0.4, 0.5) is 0 Å². The van der Waals surface area contributed by atoms with Crippen LogP contribution in [0, 0.1) is 0 Å². The molecule has 0 aromatic carbocycles. The van der Waals surface area contributed by atoms with Crippen LogP contribution in [0.1, 0.15) is 6.42 Å². The molecule has 0 aromatic rings. The molecule has 2 amide bonds. The molecule has 7 N–H and O–H groups in total. The second-order valence-electron chi connectivity index (χ2n) is 2.37. The Labute approximate surface area is 72.7 Å². The first-order chi connectivity index (χ1) is 5.61. The molecular formula is C4H9N2O6P. The van der Waals surface area contributed by atoms with Crippen molar-refractivity contribution < 1.29 is 29.0 Å². The molecule has 76 valence electrons. The third-order valence-electron chi connectivity index (χ3n) is 1.30. The maximum absolute atomic E-state index is 10.6. The van der Waals surface area contributed by atoms with Gasteiger partial charge in [-0.15, -0.1) is 0 Å². The van der Waals surface area contributed by atoms with Crippen LogP contribution in [0.25, 0.3) is 0 Å². The lowest BCUT2D eigenvalue weighted by molar-refractivity contribution is -0.135. The topological polar surface area (TPSA) is 164 Å². The molecule has 0 saturated carbocycles. The fourth-order valence-corrected chi connectivity index (χ4v) is 1.23. The van der Waals surface area contributed by atoms with Crippen LogP contribution in [0.5, 0.6) is 0 Å². The Morgan fingerprint density at radius 2 is 1.69 bits per heavy atom. The number of aliphatic hydroxyl groups is 1. The molecule has 0 radical (unpaired) electrons. The molecule has 0 fully saturated rings. The first-order valence-electron chi connectivity index (χ1n) is 2.97. The third-order valence-corrected chi connectivity index (χ3v) is 2.64. The van der Waals surface area contributed by atoms with Gasteiger partial charge in [0.15, 0.2) is 0 Å². The van der Waals surface area contributed by atoms with Gasteiger partial charge in [0.05, 0.1) is 6.42 Å². The number of primary amides is 2. The van der Waals surface area contributed by atoms with E-state index in [4.69, 9.17) is 14.9 Å². The quantitative estimate of drug-likeness (QED) is 0.316. The molecule has 0 saturated heterocycles. The van der Waals surface area contributed by atoms with Crippen LogP contribution in [0.2, 0.25) is 0 Å². The number of rotatable bonds is 4. The number of hydrogen-bond acceptors (Lipinski definition) is 4. The van der Waals surface area contributed by atoms with Crippen LogP contribution in [0.15, 0.2) is 0 Å². The molecule has 1 unspecified atom stereocenters. The van der Waals surface area contributed by atoms with Crippen LogP contribution in [-0.4, -0.2) is 32.0 Å². The van der Waals surface area contributed by atoms with E-state index < -0.39 is 31.2 Å². The normalized spacial score (nSPS) is 16.2. The Hall–Kier alpha value is -0.950. The Balaban J connectivity index is 5.09. The molecule has 8 nitrogen and oxygen atoms in total. The Morgan fingerprint density at radius 1 is 1.31 bits per heavy atom. The SMILES string of the molecule is NC(=O)CC(O)(C(N)=O)P(=O)(O)O. The van der Waals surface area contributed by atoms with Crippen molar-refractivity contribution in [3.05, 3.63) is 0 Å². The predicted octanol–water partition coefficient (Wildman–Crippen LogP) is -2.79. The highest BCUT2D eigenvalue weighted by Crippen LogP contribution is 2.50. The van der Waals surface area contributed by atoms with Gasteiger partial charge in [-0.25, -0.2) is 0 Å². The van der Waals surface area contributed by atoms with E-state index in [2.05, 4.69) is 11.5 Å². The van der Waals surface area contributed by atoms with E-state index in [0.717, 1.165) is 0 Å². The Bertz CT molecular complexity index is 284. The summed E-state index contributed by atoms with van der Waals surface area (Å²) < 4.78 is 10.6. The summed E-state index contributed by atoms with van der Waals surface area (Å²) in [5, 5.41) is 5.85. The van der Waals surface area contributed by atoms with Gasteiger partial charge in [-0.1, -0.05) is 0 Å². The van der Waals surface area contributed by atoms with Gasteiger partial charge < -0.3 is 26.4 Å². The van der Waals surface area contributed by atoms with Gasteiger partial charge in [-0.3, -0.25) is 14.2 Å². The summed E-state index contributed by atoms with van der Waals surface area (Å²) in [5.41, 5.74) is 9.08. The predicted molar refractivity (Wildman–Crippen MR) is 40.0 cm³/mol. The van der Waals surface area contributed by atoms with Crippen molar-refractivity contribution in [1.29, 1.82) is 0 Å². The highest BCUT2D eigenvalue weighted by atomic mass is 31.2. The van der Waals surface area contributed by atoms with Crippen molar-refractivity contribution in [3.63, 3.8) is 0 Å². The first kappa shape index (κ1) is 12.0. The van der Waals surface area contributed by atoms with E-state index in [9.17, 15) is 14.2 Å². The molecule has 0 heterocycles. The first-order valence-corrected chi connectivity index (χ1v) is 4.58. The molecule has 9 heteroatoms. The fourth-order valence-electron chi connectivity index (χ4n) is 0.577. The van der Waals surface area contributed by atoms with E-state index in [1.807, 2.05) is 0 Å². The smallest absolute Gasteiger partial charge is 0.367 e. The van der Waals surface area contributed by atoms with Crippen LogP contribution < -0.4 is 11.5 Å². The van der Waals surface area contributed by atoms with E-state index in [1.54, 1.807) is 0 Å². The molecule has 13 heavy (non-hydrogen) atoms. The van der Waals surface area contributed by atoms with E-state index >= 15 is 0 Å². The second-order valence-corrected chi connectivity index (χ2v) is 4.20. The average Bonchev–Trinajstić information content (AvgIpc) is 1.82. The summed E-state index contributed by atoms with van der Waals surface area (Å²) >= 11 is 0. The van der Waals surface area contributed by atoms with E-state index in [1.165, 1.54) is 0 Å². The standard InChI is InChI=1S/C4H9N2O6P/c5-2(7)1-4(9,3(6)8)13(10,11)12/h9H,1H2,(H2,5,7)(H2,6,8)(H2,10,11,12). The third kappa shape index (κ3) is 2.49. The summed E-state index contributed by atoms with van der Waals surface area (Å²) in [5.74, 6) is -2.94. The summed E-state index contributed by atoms with van der Waals surface area (Å²) in [7, 11) is -5.22. The summed E-state index contributed by atoms with van der Waals surface area (Å²) in [6.07, 6.45) is -1.22. The number of hydrogen-bond donors (Lipinski definition) is 5. The maximum atomic E-state index is 10.6. The van der Waals surface area contributed by atoms with Crippen molar-refractivity contribution in [2.24, 2.45) is 11.5 Å². The maximum Gasteiger partial charge on any atom is 0.367 e. The van der Waals surface area contributed by atoms with Crippen molar-refractivity contribution >= 4 is 19.4 Å². The molecule has 0 aliphatic rings.